The molecule has 3 N–H and O–H groups in total. The SMILES string of the molecule is NC(=O)N1CCC[C@H](C(=O)Nc2ccc(Br)cc2)C1. The third-order valence-electron chi connectivity index (χ3n) is 3.22. The first-order valence-electron chi connectivity index (χ1n) is 6.17. The number of primary amides is 1. The second-order valence-corrected chi connectivity index (χ2v) is 5.54. The molecule has 0 radical (unpaired) electrons. The highest BCUT2D eigenvalue weighted by atomic mass is 79.9. The molecule has 3 amide bonds. The van der Waals surface area contributed by atoms with Gasteiger partial charge in [-0.1, -0.05) is 15.9 Å². The van der Waals surface area contributed by atoms with Crippen LogP contribution in [0.4, 0.5) is 10.5 Å². The molecular weight excluding hydrogens is 310 g/mol. The molecule has 1 aliphatic rings. The lowest BCUT2D eigenvalue weighted by Crippen LogP contribution is -2.46. The highest BCUT2D eigenvalue weighted by Crippen LogP contribution is 2.19. The fourth-order valence-electron chi connectivity index (χ4n) is 2.17. The molecule has 102 valence electrons. The van der Waals surface area contributed by atoms with E-state index in [1.54, 1.807) is 0 Å². The molecule has 1 saturated heterocycles. The van der Waals surface area contributed by atoms with Gasteiger partial charge in [0, 0.05) is 23.2 Å². The van der Waals surface area contributed by atoms with E-state index in [0.717, 1.165) is 23.0 Å². The molecule has 1 aromatic carbocycles. The predicted octanol–water partition coefficient (Wildman–Crippen LogP) is 2.18. The van der Waals surface area contributed by atoms with Crippen molar-refractivity contribution in [1.82, 2.24) is 4.90 Å². The van der Waals surface area contributed by atoms with E-state index in [0.29, 0.717) is 13.1 Å². The maximum atomic E-state index is 12.1. The van der Waals surface area contributed by atoms with Gasteiger partial charge >= 0.3 is 6.03 Å². The number of nitrogens with one attached hydrogen (secondary N) is 1. The van der Waals surface area contributed by atoms with E-state index in [4.69, 9.17) is 5.73 Å². The van der Waals surface area contributed by atoms with Crippen LogP contribution < -0.4 is 11.1 Å². The van der Waals surface area contributed by atoms with E-state index in [1.807, 2.05) is 24.3 Å². The number of hydrogen-bond acceptors (Lipinski definition) is 2. The lowest BCUT2D eigenvalue weighted by atomic mass is 9.97. The van der Waals surface area contributed by atoms with E-state index in [-0.39, 0.29) is 11.8 Å². The number of urea groups is 1. The number of halogens is 1. The minimum Gasteiger partial charge on any atom is -0.351 e. The summed E-state index contributed by atoms with van der Waals surface area (Å²) in [6, 6.07) is 6.94. The van der Waals surface area contributed by atoms with Crippen LogP contribution in [-0.2, 0) is 4.79 Å². The van der Waals surface area contributed by atoms with Crippen molar-refractivity contribution in [3.63, 3.8) is 0 Å². The quantitative estimate of drug-likeness (QED) is 0.874. The van der Waals surface area contributed by atoms with Crippen molar-refractivity contribution in [2.75, 3.05) is 18.4 Å². The van der Waals surface area contributed by atoms with Gasteiger partial charge in [-0.15, -0.1) is 0 Å². The van der Waals surface area contributed by atoms with Crippen LogP contribution in [0.25, 0.3) is 0 Å². The van der Waals surface area contributed by atoms with Gasteiger partial charge in [-0.2, -0.15) is 0 Å². The molecule has 1 atom stereocenters. The van der Waals surface area contributed by atoms with Crippen molar-refractivity contribution >= 4 is 33.6 Å². The van der Waals surface area contributed by atoms with E-state index in [1.165, 1.54) is 4.90 Å². The number of benzene rings is 1. The monoisotopic (exact) mass is 325 g/mol. The largest absolute Gasteiger partial charge is 0.351 e. The maximum Gasteiger partial charge on any atom is 0.314 e. The fraction of sp³-hybridized carbons (Fsp3) is 0.385. The molecule has 19 heavy (non-hydrogen) atoms. The Hall–Kier alpha value is -1.56. The Balaban J connectivity index is 1.96. The standard InChI is InChI=1S/C13H16BrN3O2/c14-10-3-5-11(6-4-10)16-12(18)9-2-1-7-17(8-9)13(15)19/h3-6,9H,1-2,7-8H2,(H2,15,19)(H,16,18)/t9-/m0/s1. The number of carbonyl (C=O) groups excluding carboxylic acids is 2. The molecule has 0 bridgehead atoms. The smallest absolute Gasteiger partial charge is 0.314 e. The van der Waals surface area contributed by atoms with Crippen molar-refractivity contribution in [3.05, 3.63) is 28.7 Å². The summed E-state index contributed by atoms with van der Waals surface area (Å²) in [6.07, 6.45) is 1.59. The van der Waals surface area contributed by atoms with Crippen molar-refractivity contribution in [1.29, 1.82) is 0 Å². The number of amides is 3. The van der Waals surface area contributed by atoms with Crippen molar-refractivity contribution in [2.45, 2.75) is 12.8 Å². The maximum absolute atomic E-state index is 12.1. The molecule has 0 spiro atoms. The van der Waals surface area contributed by atoms with Gasteiger partial charge in [0.05, 0.1) is 5.92 Å². The first-order valence-corrected chi connectivity index (χ1v) is 6.96. The Bertz CT molecular complexity index is 475. The lowest BCUT2D eigenvalue weighted by Gasteiger charge is -2.30. The van der Waals surface area contributed by atoms with Crippen LogP contribution in [0.15, 0.2) is 28.7 Å². The molecule has 1 fully saturated rings. The van der Waals surface area contributed by atoms with Crippen molar-refractivity contribution < 1.29 is 9.59 Å². The Morgan fingerprint density at radius 2 is 2.00 bits per heavy atom. The van der Waals surface area contributed by atoms with Crippen LogP contribution in [0, 0.1) is 5.92 Å². The summed E-state index contributed by atoms with van der Waals surface area (Å²) in [5, 5.41) is 2.86. The van der Waals surface area contributed by atoms with Crippen LogP contribution in [0.3, 0.4) is 0 Å². The molecule has 1 heterocycles. The van der Waals surface area contributed by atoms with Crippen LogP contribution in [0.2, 0.25) is 0 Å². The molecule has 2 rings (SSSR count). The second-order valence-electron chi connectivity index (χ2n) is 4.62. The third kappa shape index (κ3) is 3.70. The van der Waals surface area contributed by atoms with Gasteiger partial charge in [-0.05, 0) is 37.1 Å². The highest BCUT2D eigenvalue weighted by molar-refractivity contribution is 9.10. The fourth-order valence-corrected chi connectivity index (χ4v) is 2.43. The number of rotatable bonds is 2. The number of carbonyl (C=O) groups is 2. The molecule has 5 nitrogen and oxygen atoms in total. The average molecular weight is 326 g/mol. The summed E-state index contributed by atoms with van der Waals surface area (Å²) in [7, 11) is 0. The normalized spacial score (nSPS) is 19.0. The van der Waals surface area contributed by atoms with E-state index >= 15 is 0 Å². The van der Waals surface area contributed by atoms with Crippen molar-refractivity contribution in [3.8, 4) is 0 Å². The number of piperidine rings is 1. The summed E-state index contributed by atoms with van der Waals surface area (Å²) < 4.78 is 0.961. The molecule has 6 heteroatoms. The zero-order chi connectivity index (χ0) is 13.8. The van der Waals surface area contributed by atoms with Gasteiger partial charge in [0.25, 0.3) is 0 Å². The Morgan fingerprint density at radius 1 is 1.32 bits per heavy atom. The van der Waals surface area contributed by atoms with Gasteiger partial charge in [0.2, 0.25) is 5.91 Å². The Labute approximate surface area is 120 Å². The summed E-state index contributed by atoms with van der Waals surface area (Å²) in [6.45, 7) is 1.04. The molecule has 0 aromatic heterocycles. The van der Waals surface area contributed by atoms with E-state index in [2.05, 4.69) is 21.2 Å². The first kappa shape index (κ1) is 13.9. The zero-order valence-electron chi connectivity index (χ0n) is 10.4. The number of nitrogens with two attached hydrogens (primary N) is 1. The van der Waals surface area contributed by atoms with Crippen molar-refractivity contribution in [2.24, 2.45) is 11.7 Å². The molecule has 0 unspecified atom stereocenters. The molecule has 0 aliphatic carbocycles. The van der Waals surface area contributed by atoms with Crippen LogP contribution >= 0.6 is 15.9 Å². The van der Waals surface area contributed by atoms with Gasteiger partial charge in [0.15, 0.2) is 0 Å². The summed E-state index contributed by atoms with van der Waals surface area (Å²) >= 11 is 3.34. The first-order chi connectivity index (χ1) is 9.06. The van der Waals surface area contributed by atoms with Crippen LogP contribution in [0.1, 0.15) is 12.8 Å². The molecule has 1 aromatic rings. The Kier molecular flexibility index (Phi) is 4.42. The van der Waals surface area contributed by atoms with Gasteiger partial charge in [-0.25, -0.2) is 4.79 Å². The van der Waals surface area contributed by atoms with Gasteiger partial charge in [-0.3, -0.25) is 4.79 Å². The number of nitrogens with zero attached hydrogens (tertiary/aromatic N) is 1. The molecule has 1 aliphatic heterocycles. The highest BCUT2D eigenvalue weighted by Gasteiger charge is 2.27. The van der Waals surface area contributed by atoms with E-state index in [9.17, 15) is 9.59 Å². The summed E-state index contributed by atoms with van der Waals surface area (Å²) in [5.74, 6) is -0.252. The summed E-state index contributed by atoms with van der Waals surface area (Å²) in [5.41, 5.74) is 6.00. The molecule has 0 saturated carbocycles. The predicted molar refractivity (Wildman–Crippen MR) is 76.7 cm³/mol. The minimum atomic E-state index is -0.457. The van der Waals surface area contributed by atoms with E-state index < -0.39 is 6.03 Å². The van der Waals surface area contributed by atoms with Crippen LogP contribution in [-0.4, -0.2) is 29.9 Å². The average Bonchev–Trinajstić information content (AvgIpc) is 2.41. The lowest BCUT2D eigenvalue weighted by molar-refractivity contribution is -0.121. The molecular formula is C13H16BrN3O2. The summed E-state index contributed by atoms with van der Waals surface area (Å²) in [4.78, 5) is 24.8. The van der Waals surface area contributed by atoms with Crippen LogP contribution in [0.5, 0.6) is 0 Å². The van der Waals surface area contributed by atoms with Gasteiger partial charge < -0.3 is 16.0 Å². The number of anilines is 1. The number of likely N-dealkylation sites (tertiary alicyclic amines) is 1. The minimum absolute atomic E-state index is 0.0618. The topological polar surface area (TPSA) is 75.4 Å². The van der Waals surface area contributed by atoms with Gasteiger partial charge in [0.1, 0.15) is 0 Å². The third-order valence-corrected chi connectivity index (χ3v) is 3.74. The number of hydrogen-bond donors (Lipinski definition) is 2. The zero-order valence-corrected chi connectivity index (χ0v) is 12.0. The Morgan fingerprint density at radius 3 is 2.63 bits per heavy atom. The second kappa shape index (κ2) is 6.06.